The van der Waals surface area contributed by atoms with Gasteiger partial charge in [0.15, 0.2) is 8.32 Å². The number of aliphatic hydroxyl groups is 3. The zero-order valence-electron chi connectivity index (χ0n) is 29.5. The molecule has 256 valence electrons. The van der Waals surface area contributed by atoms with E-state index < -0.39 is 20.0 Å². The van der Waals surface area contributed by atoms with Gasteiger partial charge in [-0.1, -0.05) is 64.8 Å². The molecule has 0 unspecified atom stereocenters. The molecule has 0 heterocycles. The molecule has 7 heteroatoms. The first-order valence-electron chi connectivity index (χ1n) is 17.8. The van der Waals surface area contributed by atoms with Gasteiger partial charge in [-0.25, -0.2) is 0 Å². The van der Waals surface area contributed by atoms with Crippen molar-refractivity contribution in [1.82, 2.24) is 0 Å². The molecule has 0 aromatic heterocycles. The fourth-order valence-electron chi connectivity index (χ4n) is 8.30. The van der Waals surface area contributed by atoms with Crippen molar-refractivity contribution in [2.45, 2.75) is 141 Å². The van der Waals surface area contributed by atoms with Crippen LogP contribution in [0.25, 0.3) is 0 Å². The Morgan fingerprint density at radius 1 is 0.956 bits per heavy atom. The van der Waals surface area contributed by atoms with E-state index in [0.29, 0.717) is 49.4 Å². The van der Waals surface area contributed by atoms with Crippen molar-refractivity contribution in [3.63, 3.8) is 0 Å². The maximum absolute atomic E-state index is 11.9. The number of hydrogen-bond donors (Lipinski definition) is 3. The van der Waals surface area contributed by atoms with Crippen LogP contribution in [0.3, 0.4) is 0 Å². The minimum Gasteiger partial charge on any atom is -0.497 e. The Bertz CT molecular complexity index is 1080. The van der Waals surface area contributed by atoms with Crippen LogP contribution in [0.2, 0.25) is 18.1 Å². The Labute approximate surface area is 275 Å². The Hall–Kier alpha value is -1.22. The third-order valence-electron chi connectivity index (χ3n) is 12.1. The maximum Gasteiger partial charge on any atom is 0.192 e. The van der Waals surface area contributed by atoms with Crippen LogP contribution in [0.4, 0.5) is 0 Å². The maximum atomic E-state index is 11.9. The molecule has 2 fully saturated rings. The van der Waals surface area contributed by atoms with Crippen LogP contribution in [-0.2, 0) is 15.8 Å². The van der Waals surface area contributed by atoms with Gasteiger partial charge in [-0.2, -0.15) is 0 Å². The van der Waals surface area contributed by atoms with E-state index in [1.54, 1.807) is 7.11 Å². The lowest BCUT2D eigenvalue weighted by molar-refractivity contribution is -0.105. The van der Waals surface area contributed by atoms with E-state index >= 15 is 0 Å². The van der Waals surface area contributed by atoms with Gasteiger partial charge in [0.05, 0.1) is 31.5 Å². The fourth-order valence-corrected chi connectivity index (χ4v) is 9.68. The molecule has 2 saturated carbocycles. The van der Waals surface area contributed by atoms with Gasteiger partial charge in [-0.3, -0.25) is 0 Å². The van der Waals surface area contributed by atoms with Crippen LogP contribution in [-0.4, -0.2) is 61.3 Å². The number of allylic oxidation sites excluding steroid dienone is 2. The van der Waals surface area contributed by atoms with Crippen molar-refractivity contribution in [1.29, 1.82) is 0 Å². The van der Waals surface area contributed by atoms with E-state index in [0.717, 1.165) is 62.7 Å². The smallest absolute Gasteiger partial charge is 0.192 e. The third kappa shape index (κ3) is 9.02. The summed E-state index contributed by atoms with van der Waals surface area (Å²) in [6.07, 6.45) is 11.9. The molecule has 3 aliphatic rings. The lowest BCUT2D eigenvalue weighted by Crippen LogP contribution is -2.45. The number of rotatable bonds is 16. The van der Waals surface area contributed by atoms with Gasteiger partial charge < -0.3 is 29.2 Å². The number of methoxy groups -OCH3 is 1. The Morgan fingerprint density at radius 2 is 1.67 bits per heavy atom. The predicted octanol–water partition coefficient (Wildman–Crippen LogP) is 7.90. The molecule has 1 aromatic rings. The van der Waals surface area contributed by atoms with Gasteiger partial charge in [-0.15, -0.1) is 0 Å². The van der Waals surface area contributed by atoms with Crippen LogP contribution in [0.5, 0.6) is 5.75 Å². The number of ether oxygens (including phenoxy) is 2. The molecule has 4 rings (SSSR count). The minimum absolute atomic E-state index is 0.0181. The zero-order valence-corrected chi connectivity index (χ0v) is 30.5. The van der Waals surface area contributed by atoms with Gasteiger partial charge >= 0.3 is 0 Å². The summed E-state index contributed by atoms with van der Waals surface area (Å²) in [4.78, 5) is 0. The largest absolute Gasteiger partial charge is 0.497 e. The molecule has 0 bridgehead atoms. The van der Waals surface area contributed by atoms with E-state index in [4.69, 9.17) is 13.9 Å². The average Bonchev–Trinajstić information content (AvgIpc) is 3.57. The summed E-state index contributed by atoms with van der Waals surface area (Å²) in [5.41, 5.74) is -0.0449. The Kier molecular flexibility index (Phi) is 12.5. The summed E-state index contributed by atoms with van der Waals surface area (Å²) < 4.78 is 18.4. The van der Waals surface area contributed by atoms with Crippen molar-refractivity contribution in [2.75, 3.05) is 13.7 Å². The molecule has 3 N–H and O–H groups in total. The highest BCUT2D eigenvalue weighted by molar-refractivity contribution is 6.74. The molecule has 1 aromatic carbocycles. The quantitative estimate of drug-likeness (QED) is 0.0964. The van der Waals surface area contributed by atoms with E-state index in [2.05, 4.69) is 46.0 Å². The molecule has 3 aliphatic carbocycles. The lowest BCUT2D eigenvalue weighted by atomic mass is 9.71. The number of aliphatic hydroxyl groups excluding tert-OH is 2. The Balaban J connectivity index is 1.45. The van der Waals surface area contributed by atoms with Crippen molar-refractivity contribution in [2.24, 2.45) is 35.5 Å². The molecule has 45 heavy (non-hydrogen) atoms. The second-order valence-corrected chi connectivity index (χ2v) is 21.0. The number of fused-ring (bicyclic) bond motifs is 3. The highest BCUT2D eigenvalue weighted by atomic mass is 28.4. The van der Waals surface area contributed by atoms with Crippen LogP contribution >= 0.6 is 0 Å². The zero-order chi connectivity index (χ0) is 33.0. The van der Waals surface area contributed by atoms with Gasteiger partial charge in [0.25, 0.3) is 0 Å². The van der Waals surface area contributed by atoms with E-state index in [-0.39, 0.29) is 23.0 Å². The van der Waals surface area contributed by atoms with Gasteiger partial charge in [0.1, 0.15) is 5.75 Å². The summed E-state index contributed by atoms with van der Waals surface area (Å²) in [5, 5.41) is 33.7. The van der Waals surface area contributed by atoms with Crippen molar-refractivity contribution >= 4 is 8.32 Å². The first-order chi connectivity index (χ1) is 21.2. The minimum atomic E-state index is -1.86. The van der Waals surface area contributed by atoms with Gasteiger partial charge in [-0.05, 0) is 123 Å². The predicted molar refractivity (Wildman–Crippen MR) is 185 cm³/mol. The summed E-state index contributed by atoms with van der Waals surface area (Å²) >= 11 is 0. The first-order valence-corrected chi connectivity index (χ1v) is 20.7. The molecule has 0 aliphatic heterocycles. The van der Waals surface area contributed by atoms with E-state index in [9.17, 15) is 15.3 Å². The summed E-state index contributed by atoms with van der Waals surface area (Å²) in [7, 11) is -0.180. The average molecular weight is 645 g/mol. The first kappa shape index (κ1) is 36.6. The summed E-state index contributed by atoms with van der Waals surface area (Å²) in [6.45, 7) is 16.7. The van der Waals surface area contributed by atoms with E-state index in [1.807, 2.05) is 38.1 Å². The summed E-state index contributed by atoms with van der Waals surface area (Å²) in [5.74, 6) is 3.10. The number of hydrogen-bond acceptors (Lipinski definition) is 6. The second kappa shape index (κ2) is 15.3. The molecule has 0 spiro atoms. The standard InChI is InChI=1S/C38H64O6Si/c1-9-28(39)12-10-11-20-38(5,41)36(40)35-24-34-31(32(35)19-21-43-25-26-13-16-29(42-6)17-14-26)18-15-27-22-30(23-33(27)34)44-45(7,8)37(2,3)4/h13-18,27-28,30-36,39-41H,9-12,19-25H2,1-8H3/t27-,28+,30-,31+,32+,33-,34-,35-,36+,38-/m1/s1. The second-order valence-electron chi connectivity index (χ2n) is 16.3. The van der Waals surface area contributed by atoms with Crippen LogP contribution in [0, 0.1) is 35.5 Å². The SMILES string of the molecule is CC[C@H](O)CCCC[C@@](C)(O)[C@@H](O)[C@@H]1C[C@@H]2[C@@H](C=C[C@@H]3C[C@@H](O[Si](C)(C)C(C)(C)C)C[C@@H]23)[C@@H]1CCOCc1ccc(OC)cc1. The molecule has 10 atom stereocenters. The molecular weight excluding hydrogens is 580 g/mol. The topological polar surface area (TPSA) is 88.4 Å². The normalized spacial score (nSPS) is 30.9. The highest BCUT2D eigenvalue weighted by Crippen LogP contribution is 2.58. The molecule has 6 nitrogen and oxygen atoms in total. The fraction of sp³-hybridized carbons (Fsp3) is 0.789. The third-order valence-corrected chi connectivity index (χ3v) is 16.6. The molecule has 0 radical (unpaired) electrons. The Morgan fingerprint density at radius 3 is 2.31 bits per heavy atom. The number of benzene rings is 1. The highest BCUT2D eigenvalue weighted by Gasteiger charge is 2.55. The molecular formula is C38H64O6Si. The van der Waals surface area contributed by atoms with Crippen molar-refractivity contribution in [3.8, 4) is 5.75 Å². The van der Waals surface area contributed by atoms with Crippen molar-refractivity contribution in [3.05, 3.63) is 42.0 Å². The summed E-state index contributed by atoms with van der Waals surface area (Å²) in [6, 6.07) is 8.01. The van der Waals surface area contributed by atoms with Crippen LogP contribution in [0.15, 0.2) is 36.4 Å². The van der Waals surface area contributed by atoms with Gasteiger partial charge in [0.2, 0.25) is 0 Å². The van der Waals surface area contributed by atoms with Crippen LogP contribution < -0.4 is 4.74 Å². The van der Waals surface area contributed by atoms with Crippen molar-refractivity contribution < 1.29 is 29.2 Å². The van der Waals surface area contributed by atoms with Gasteiger partial charge in [0, 0.05) is 12.7 Å². The molecule has 0 saturated heterocycles. The molecule has 0 amide bonds. The van der Waals surface area contributed by atoms with Crippen LogP contribution in [0.1, 0.15) is 98.0 Å². The number of unbranched alkanes of at least 4 members (excludes halogenated alkanes) is 1. The monoisotopic (exact) mass is 644 g/mol. The van der Waals surface area contributed by atoms with E-state index in [1.165, 1.54) is 0 Å². The lowest BCUT2D eigenvalue weighted by Gasteiger charge is -2.38.